The fourth-order valence-corrected chi connectivity index (χ4v) is 9.14. The topological polar surface area (TPSA) is 72.9 Å². The third kappa shape index (κ3) is 2.84. The summed E-state index contributed by atoms with van der Waals surface area (Å²) in [6.45, 7) is 11.7. The van der Waals surface area contributed by atoms with Gasteiger partial charge in [-0.15, -0.1) is 0 Å². The van der Waals surface area contributed by atoms with E-state index in [1.165, 1.54) is 14.2 Å². The van der Waals surface area contributed by atoms with Gasteiger partial charge in [0.05, 0.1) is 19.8 Å². The van der Waals surface area contributed by atoms with Crippen LogP contribution in [-0.2, 0) is 29.2 Å². The average Bonchev–Trinajstić information content (AvgIpc) is 3.09. The first-order valence-corrected chi connectivity index (χ1v) is 11.6. The molecule has 1 aromatic carbocycles. The van der Waals surface area contributed by atoms with E-state index in [1.807, 2.05) is 82.6 Å². The third-order valence-corrected chi connectivity index (χ3v) is 9.54. The second-order valence-electron chi connectivity index (χ2n) is 9.68. The first kappa shape index (κ1) is 22.5. The van der Waals surface area contributed by atoms with Crippen LogP contribution in [0.3, 0.4) is 0 Å². The van der Waals surface area contributed by atoms with E-state index in [-0.39, 0.29) is 10.9 Å². The molecule has 0 fully saturated rings. The Morgan fingerprint density at radius 3 is 1.90 bits per heavy atom. The highest BCUT2D eigenvalue weighted by Crippen LogP contribution is 2.83. The van der Waals surface area contributed by atoms with E-state index in [9.17, 15) is 9.59 Å². The van der Waals surface area contributed by atoms with Crippen molar-refractivity contribution in [1.29, 1.82) is 0 Å². The first-order chi connectivity index (χ1) is 13.8. The van der Waals surface area contributed by atoms with Gasteiger partial charge in [-0.3, -0.25) is 4.57 Å². The number of nitrogens with zero attached hydrogens (tertiary/aromatic N) is 1. The molecular formula is C23H30NO5P. The molecule has 0 saturated carbocycles. The van der Waals surface area contributed by atoms with Crippen molar-refractivity contribution >= 4 is 19.2 Å². The van der Waals surface area contributed by atoms with Crippen LogP contribution in [0.15, 0.2) is 52.6 Å². The maximum atomic E-state index is 15.0. The number of hydrogen-bond donors (Lipinski definition) is 0. The van der Waals surface area contributed by atoms with Crippen molar-refractivity contribution in [2.75, 3.05) is 14.2 Å². The highest BCUT2D eigenvalue weighted by atomic mass is 31.2. The maximum Gasteiger partial charge on any atom is 0.343 e. The largest absolute Gasteiger partial charge is 0.466 e. The Labute approximate surface area is 178 Å². The molecule has 6 nitrogen and oxygen atoms in total. The van der Waals surface area contributed by atoms with Crippen LogP contribution < -0.4 is 0 Å². The summed E-state index contributed by atoms with van der Waals surface area (Å²) >= 11 is 0. The van der Waals surface area contributed by atoms with Gasteiger partial charge in [-0.25, -0.2) is 14.3 Å². The lowest BCUT2D eigenvalue weighted by atomic mass is 9.77. The van der Waals surface area contributed by atoms with Crippen LogP contribution in [0.2, 0.25) is 0 Å². The van der Waals surface area contributed by atoms with Crippen molar-refractivity contribution in [2.24, 2.45) is 5.41 Å². The zero-order valence-corrected chi connectivity index (χ0v) is 19.8. The number of rotatable bonds is 3. The molecule has 1 aromatic rings. The minimum Gasteiger partial charge on any atom is -0.466 e. The summed E-state index contributed by atoms with van der Waals surface area (Å²) in [7, 11) is -1.18. The Morgan fingerprint density at radius 2 is 1.47 bits per heavy atom. The van der Waals surface area contributed by atoms with E-state index < -0.39 is 35.7 Å². The maximum absolute atomic E-state index is 15.0. The van der Waals surface area contributed by atoms with E-state index in [4.69, 9.17) is 9.47 Å². The van der Waals surface area contributed by atoms with Gasteiger partial charge in [-0.2, -0.15) is 0 Å². The van der Waals surface area contributed by atoms with Crippen molar-refractivity contribution in [3.63, 3.8) is 0 Å². The van der Waals surface area contributed by atoms with Crippen LogP contribution >= 0.6 is 7.29 Å². The summed E-state index contributed by atoms with van der Waals surface area (Å²) in [4.78, 5) is 26.2. The third-order valence-electron chi connectivity index (χ3n) is 5.59. The lowest BCUT2D eigenvalue weighted by Crippen LogP contribution is -2.49. The summed E-state index contributed by atoms with van der Waals surface area (Å²) < 4.78 is 27.0. The summed E-state index contributed by atoms with van der Waals surface area (Å²) in [6.07, 6.45) is 1.91. The lowest BCUT2D eigenvalue weighted by Gasteiger charge is -2.44. The van der Waals surface area contributed by atoms with Crippen molar-refractivity contribution in [3.8, 4) is 0 Å². The minimum atomic E-state index is -3.68. The molecule has 2 bridgehead atoms. The molecule has 162 valence electrons. The number of benzene rings is 1. The Bertz CT molecular complexity index is 1010. The molecule has 0 amide bonds. The first-order valence-electron chi connectivity index (χ1n) is 9.90. The molecule has 0 aliphatic carbocycles. The summed E-state index contributed by atoms with van der Waals surface area (Å²) in [5.74, 6) is -1.45. The summed E-state index contributed by atoms with van der Waals surface area (Å²) in [5, 5.41) is 0.560. The van der Waals surface area contributed by atoms with Crippen LogP contribution in [-0.4, -0.2) is 36.4 Å². The zero-order valence-electron chi connectivity index (χ0n) is 18.9. The van der Waals surface area contributed by atoms with Gasteiger partial charge < -0.3 is 9.47 Å². The number of carbonyl (C=O) groups is 2. The molecule has 0 radical (unpaired) electrons. The number of hydrogen-bond acceptors (Lipinski definition) is 5. The molecular weight excluding hydrogens is 401 g/mol. The fourth-order valence-electron chi connectivity index (χ4n) is 4.75. The molecule has 0 N–H and O–H groups in total. The molecule has 2 aliphatic heterocycles. The molecule has 2 atom stereocenters. The number of fused-ring (bicyclic) bond motifs is 2. The number of esters is 2. The van der Waals surface area contributed by atoms with Gasteiger partial charge in [0, 0.05) is 10.9 Å². The van der Waals surface area contributed by atoms with E-state index in [1.54, 1.807) is 0 Å². The van der Waals surface area contributed by atoms with Gasteiger partial charge in [-0.1, -0.05) is 51.1 Å². The lowest BCUT2D eigenvalue weighted by molar-refractivity contribution is -0.139. The molecule has 7 heteroatoms. The quantitative estimate of drug-likeness (QED) is 0.505. The molecule has 2 aliphatic rings. The number of carbonyl (C=O) groups excluding carboxylic acids is 2. The number of methoxy groups -OCH3 is 2. The Morgan fingerprint density at radius 1 is 0.933 bits per heavy atom. The highest BCUT2D eigenvalue weighted by Gasteiger charge is 2.71. The molecule has 2 heterocycles. The number of allylic oxidation sites excluding steroid dienone is 1. The SMILES string of the molecule is COC(=O)C1=C(C(=O)OC)P2(=O)C(C(C)(C)C)=C[C@]1(c1ccccc1)N2C(C)(C)C. The number of ether oxygens (including phenoxy) is 2. The highest BCUT2D eigenvalue weighted by molar-refractivity contribution is 7.72. The molecule has 1 unspecified atom stereocenters. The summed E-state index contributed by atoms with van der Waals surface area (Å²) in [6, 6.07) is 9.37. The van der Waals surface area contributed by atoms with Crippen molar-refractivity contribution in [1.82, 2.24) is 4.67 Å². The Kier molecular flexibility index (Phi) is 5.20. The van der Waals surface area contributed by atoms with Crippen LogP contribution in [0.25, 0.3) is 0 Å². The van der Waals surface area contributed by atoms with Gasteiger partial charge in [-0.05, 0) is 37.8 Å². The monoisotopic (exact) mass is 431 g/mol. The second kappa shape index (κ2) is 6.93. The standard InChI is InChI=1S/C23H30NO5P/c1-21(2,3)16-14-23(15-12-10-9-11-13-15)17(19(25)28-7)18(20(26)29-8)30(16,27)24(23)22(4,5)6/h9-14H,1-8H3/t23-,30?/m1/s1. The van der Waals surface area contributed by atoms with Gasteiger partial charge in [0.2, 0.25) is 7.29 Å². The van der Waals surface area contributed by atoms with Crippen molar-refractivity contribution < 1.29 is 23.6 Å². The van der Waals surface area contributed by atoms with Crippen molar-refractivity contribution in [2.45, 2.75) is 52.6 Å². The molecule has 0 saturated heterocycles. The predicted octanol–water partition coefficient (Wildman–Crippen LogP) is 4.82. The van der Waals surface area contributed by atoms with Gasteiger partial charge in [0.25, 0.3) is 0 Å². The summed E-state index contributed by atoms with van der Waals surface area (Å²) in [5.41, 5.74) is -1.53. The smallest absolute Gasteiger partial charge is 0.343 e. The molecule has 3 rings (SSSR count). The van der Waals surface area contributed by atoms with Crippen LogP contribution in [0, 0.1) is 5.41 Å². The van der Waals surface area contributed by atoms with Gasteiger partial charge in [0.1, 0.15) is 10.9 Å². The van der Waals surface area contributed by atoms with Crippen LogP contribution in [0.4, 0.5) is 0 Å². The fraction of sp³-hybridized carbons (Fsp3) is 0.478. The molecule has 30 heavy (non-hydrogen) atoms. The van der Waals surface area contributed by atoms with E-state index >= 15 is 4.57 Å². The molecule has 0 aromatic heterocycles. The van der Waals surface area contributed by atoms with Gasteiger partial charge >= 0.3 is 11.9 Å². The second-order valence-corrected chi connectivity index (χ2v) is 12.2. The Balaban J connectivity index is 2.58. The van der Waals surface area contributed by atoms with Crippen LogP contribution in [0.1, 0.15) is 47.1 Å². The Hall–Kier alpha value is -2.17. The van der Waals surface area contributed by atoms with E-state index in [2.05, 4.69) is 0 Å². The van der Waals surface area contributed by atoms with E-state index in [0.717, 1.165) is 5.56 Å². The van der Waals surface area contributed by atoms with E-state index in [0.29, 0.717) is 5.31 Å². The average molecular weight is 431 g/mol. The van der Waals surface area contributed by atoms with Crippen LogP contribution in [0.5, 0.6) is 0 Å². The van der Waals surface area contributed by atoms with Crippen molar-refractivity contribution in [3.05, 3.63) is 58.2 Å². The molecule has 0 spiro atoms. The predicted molar refractivity (Wildman–Crippen MR) is 116 cm³/mol. The minimum absolute atomic E-state index is 0.0781. The normalized spacial score (nSPS) is 26.6. The van der Waals surface area contributed by atoms with Gasteiger partial charge in [0.15, 0.2) is 0 Å². The zero-order chi connectivity index (χ0) is 22.7.